The Morgan fingerprint density at radius 2 is 1.22 bits per heavy atom. The smallest absolute Gasteiger partial charge is 0.308 e. The zero-order valence-electron chi connectivity index (χ0n) is 15.0. The van der Waals surface area contributed by atoms with Gasteiger partial charge in [-0.2, -0.15) is 0 Å². The molecule has 130 valence electrons. The Hall–Kier alpha value is -3.75. The highest BCUT2D eigenvalue weighted by Crippen LogP contribution is 2.19. The van der Waals surface area contributed by atoms with Gasteiger partial charge in [-0.05, 0) is 42.0 Å². The second-order valence-electron chi connectivity index (χ2n) is 5.87. The molecular formula is C25H18O2. The molecule has 0 aliphatic heterocycles. The maximum Gasteiger partial charge on any atom is 0.308 e. The lowest BCUT2D eigenvalue weighted by Crippen LogP contribution is -2.01. The largest absolute Gasteiger partial charge is 0.427 e. The van der Waals surface area contributed by atoms with Gasteiger partial charge in [-0.15, -0.1) is 0 Å². The quantitative estimate of drug-likeness (QED) is 0.377. The number of carbonyl (C=O) groups excluding carboxylic acids is 1. The summed E-state index contributed by atoms with van der Waals surface area (Å²) in [6.07, 6.45) is 0. The van der Waals surface area contributed by atoms with Crippen LogP contribution in [-0.4, -0.2) is 5.97 Å². The van der Waals surface area contributed by atoms with Crippen molar-refractivity contribution in [2.45, 2.75) is 12.8 Å². The van der Waals surface area contributed by atoms with Crippen LogP contribution in [0.4, 0.5) is 0 Å². The average Bonchev–Trinajstić information content (AvgIpc) is 2.70. The van der Waals surface area contributed by atoms with E-state index in [9.17, 15) is 4.79 Å². The van der Waals surface area contributed by atoms with Crippen molar-refractivity contribution in [3.8, 4) is 29.4 Å². The van der Waals surface area contributed by atoms with E-state index < -0.39 is 0 Å². The molecule has 0 saturated heterocycles. The van der Waals surface area contributed by atoms with E-state index in [1.165, 1.54) is 6.92 Å². The molecule has 0 fully saturated rings. The average molecular weight is 350 g/mol. The van der Waals surface area contributed by atoms with Crippen LogP contribution in [0.2, 0.25) is 0 Å². The lowest BCUT2D eigenvalue weighted by Gasteiger charge is -2.06. The number of ether oxygens (including phenoxy) is 1. The summed E-state index contributed by atoms with van der Waals surface area (Å²) >= 11 is 0. The molecule has 3 rings (SSSR count). The molecule has 0 radical (unpaired) electrons. The monoisotopic (exact) mass is 350 g/mol. The molecular weight excluding hydrogens is 332 g/mol. The van der Waals surface area contributed by atoms with Crippen LogP contribution in [0.1, 0.15) is 29.5 Å². The van der Waals surface area contributed by atoms with Crippen molar-refractivity contribution in [3.63, 3.8) is 0 Å². The van der Waals surface area contributed by atoms with E-state index in [0.717, 1.165) is 16.7 Å². The lowest BCUT2D eigenvalue weighted by molar-refractivity contribution is -0.131. The summed E-state index contributed by atoms with van der Waals surface area (Å²) in [6, 6.07) is 27.0. The molecule has 0 aliphatic rings. The van der Waals surface area contributed by atoms with Gasteiger partial charge >= 0.3 is 5.97 Å². The predicted molar refractivity (Wildman–Crippen MR) is 107 cm³/mol. The van der Waals surface area contributed by atoms with Crippen molar-refractivity contribution in [3.05, 3.63) is 102 Å². The maximum absolute atomic E-state index is 11.1. The summed E-state index contributed by atoms with van der Waals surface area (Å²) in [5.74, 6) is 12.8. The third kappa shape index (κ3) is 5.63. The van der Waals surface area contributed by atoms with Gasteiger partial charge in [-0.1, -0.05) is 72.2 Å². The Bertz CT molecular complexity index is 955. The number of rotatable bonds is 2. The van der Waals surface area contributed by atoms with Crippen molar-refractivity contribution in [2.24, 2.45) is 0 Å². The number of hydrogen-bond donors (Lipinski definition) is 0. The molecule has 0 unspecified atom stereocenters. The van der Waals surface area contributed by atoms with Crippen LogP contribution in [0.15, 0.2) is 84.9 Å². The molecule has 27 heavy (non-hydrogen) atoms. The third-order valence-electron chi connectivity index (χ3n) is 3.74. The predicted octanol–water partition coefficient (Wildman–Crippen LogP) is 4.80. The molecule has 0 aromatic heterocycles. The highest BCUT2D eigenvalue weighted by Gasteiger charge is 2.06. The van der Waals surface area contributed by atoms with E-state index >= 15 is 0 Å². The summed E-state index contributed by atoms with van der Waals surface area (Å²) in [4.78, 5) is 11.1. The number of benzene rings is 3. The molecule has 0 amide bonds. The molecule has 0 N–H and O–H groups in total. The molecule has 0 atom stereocenters. The van der Waals surface area contributed by atoms with E-state index in [1.807, 2.05) is 72.8 Å². The fraction of sp³-hybridized carbons (Fsp3) is 0.0800. The van der Waals surface area contributed by atoms with Gasteiger partial charge < -0.3 is 4.74 Å². The van der Waals surface area contributed by atoms with Crippen LogP contribution in [0.5, 0.6) is 5.75 Å². The van der Waals surface area contributed by atoms with Gasteiger partial charge in [-0.3, -0.25) is 4.79 Å². The van der Waals surface area contributed by atoms with E-state index in [1.54, 1.807) is 12.1 Å². The second kappa shape index (κ2) is 9.09. The van der Waals surface area contributed by atoms with Crippen LogP contribution in [0, 0.1) is 23.7 Å². The number of esters is 1. The molecule has 3 aromatic carbocycles. The molecule has 0 bridgehead atoms. The van der Waals surface area contributed by atoms with E-state index in [2.05, 4.69) is 23.7 Å². The summed E-state index contributed by atoms with van der Waals surface area (Å²) in [5.41, 5.74) is 2.85. The summed E-state index contributed by atoms with van der Waals surface area (Å²) in [6.45, 7) is 1.38. The van der Waals surface area contributed by atoms with Gasteiger partial charge in [0.25, 0.3) is 0 Å². The van der Waals surface area contributed by atoms with Gasteiger partial charge in [0.1, 0.15) is 11.7 Å². The van der Waals surface area contributed by atoms with E-state index in [-0.39, 0.29) is 11.9 Å². The summed E-state index contributed by atoms with van der Waals surface area (Å²) in [5, 5.41) is 0. The minimum atomic E-state index is -0.341. The van der Waals surface area contributed by atoms with E-state index in [4.69, 9.17) is 4.74 Å². The van der Waals surface area contributed by atoms with Crippen LogP contribution < -0.4 is 4.74 Å². The Morgan fingerprint density at radius 3 is 1.67 bits per heavy atom. The number of carbonyl (C=O) groups is 1. The Kier molecular flexibility index (Phi) is 6.08. The normalized spacial score (nSPS) is 9.56. The third-order valence-corrected chi connectivity index (χ3v) is 3.74. The lowest BCUT2D eigenvalue weighted by atomic mass is 9.99. The van der Waals surface area contributed by atoms with Crippen LogP contribution >= 0.6 is 0 Å². The van der Waals surface area contributed by atoms with Crippen molar-refractivity contribution < 1.29 is 9.53 Å². The van der Waals surface area contributed by atoms with Gasteiger partial charge in [-0.25, -0.2) is 0 Å². The standard InChI is InChI=1S/C25H18O2/c1-20(26)27-25-18-16-24(17-19-25)23(14-12-21-8-4-2-5-9-21)15-13-22-10-6-3-7-11-22/h2-11,16-19,23H,1H3. The maximum atomic E-state index is 11.1. The highest BCUT2D eigenvalue weighted by atomic mass is 16.5. The first kappa shape index (κ1) is 18.1. The topological polar surface area (TPSA) is 26.3 Å². The van der Waals surface area contributed by atoms with Crippen molar-refractivity contribution in [1.29, 1.82) is 0 Å². The second-order valence-corrected chi connectivity index (χ2v) is 5.87. The van der Waals surface area contributed by atoms with Gasteiger partial charge in [0, 0.05) is 18.1 Å². The van der Waals surface area contributed by atoms with Gasteiger partial charge in [0.2, 0.25) is 0 Å². The molecule has 0 aliphatic carbocycles. The van der Waals surface area contributed by atoms with Crippen LogP contribution in [-0.2, 0) is 4.79 Å². The first-order valence-electron chi connectivity index (χ1n) is 8.62. The Balaban J connectivity index is 1.91. The van der Waals surface area contributed by atoms with Crippen LogP contribution in [0.25, 0.3) is 0 Å². The van der Waals surface area contributed by atoms with Gasteiger partial charge in [0.05, 0.1) is 0 Å². The van der Waals surface area contributed by atoms with E-state index in [0.29, 0.717) is 5.75 Å². The fourth-order valence-electron chi connectivity index (χ4n) is 2.45. The van der Waals surface area contributed by atoms with Gasteiger partial charge in [0.15, 0.2) is 0 Å². The van der Waals surface area contributed by atoms with Crippen molar-refractivity contribution in [2.75, 3.05) is 0 Å². The summed E-state index contributed by atoms with van der Waals surface area (Å²) in [7, 11) is 0. The SMILES string of the molecule is CC(=O)Oc1ccc(C(C#Cc2ccccc2)C#Cc2ccccc2)cc1. The number of hydrogen-bond acceptors (Lipinski definition) is 2. The minimum absolute atomic E-state index is 0.253. The van der Waals surface area contributed by atoms with Crippen molar-refractivity contribution >= 4 is 5.97 Å². The summed E-state index contributed by atoms with van der Waals surface area (Å²) < 4.78 is 5.10. The Labute approximate surface area is 159 Å². The zero-order chi connectivity index (χ0) is 18.9. The first-order chi connectivity index (χ1) is 13.2. The molecule has 0 heterocycles. The highest BCUT2D eigenvalue weighted by molar-refractivity contribution is 5.69. The van der Waals surface area contributed by atoms with Crippen LogP contribution in [0.3, 0.4) is 0 Å². The molecule has 0 spiro atoms. The Morgan fingerprint density at radius 1 is 0.741 bits per heavy atom. The fourth-order valence-corrected chi connectivity index (χ4v) is 2.45. The first-order valence-corrected chi connectivity index (χ1v) is 8.62. The molecule has 3 aromatic rings. The molecule has 0 saturated carbocycles. The molecule has 2 heteroatoms. The van der Waals surface area contributed by atoms with Crippen molar-refractivity contribution in [1.82, 2.24) is 0 Å². The minimum Gasteiger partial charge on any atom is -0.427 e. The zero-order valence-corrected chi connectivity index (χ0v) is 15.0. The molecule has 2 nitrogen and oxygen atoms in total.